The molecule has 0 saturated carbocycles. The van der Waals surface area contributed by atoms with Gasteiger partial charge < -0.3 is 4.90 Å². The van der Waals surface area contributed by atoms with Crippen LogP contribution in [0.5, 0.6) is 0 Å². The van der Waals surface area contributed by atoms with E-state index in [1.165, 1.54) is 0 Å². The number of fused-ring (bicyclic) bond motifs is 1. The zero-order valence-corrected chi connectivity index (χ0v) is 7.82. The van der Waals surface area contributed by atoms with Gasteiger partial charge in [0.15, 0.2) is 0 Å². The number of rotatable bonds is 0. The Labute approximate surface area is 77.4 Å². The maximum atomic E-state index is 11.6. The number of nitrogens with zero attached hydrogens (tertiary/aromatic N) is 2. The topological polar surface area (TPSA) is 33.2 Å². The molecular formula is C10H12N2O. The monoisotopic (exact) mass is 176 g/mol. The van der Waals surface area contributed by atoms with Crippen molar-refractivity contribution in [3.8, 4) is 0 Å². The fraction of sp³-hybridized carbons (Fsp3) is 0.400. The minimum Gasteiger partial charge on any atom is -0.341 e. The Balaban J connectivity index is 2.49. The van der Waals surface area contributed by atoms with Crippen LogP contribution in [0.3, 0.4) is 0 Å². The van der Waals surface area contributed by atoms with Crippen molar-refractivity contribution in [2.75, 3.05) is 7.05 Å². The van der Waals surface area contributed by atoms with Crippen molar-refractivity contribution in [3.63, 3.8) is 0 Å². The quantitative estimate of drug-likeness (QED) is 0.594. The lowest BCUT2D eigenvalue weighted by Gasteiger charge is -2.28. The Morgan fingerprint density at radius 2 is 2.38 bits per heavy atom. The van der Waals surface area contributed by atoms with Crippen molar-refractivity contribution in [2.24, 2.45) is 0 Å². The third kappa shape index (κ3) is 1.20. The van der Waals surface area contributed by atoms with E-state index >= 15 is 0 Å². The van der Waals surface area contributed by atoms with Crippen LogP contribution in [0, 0.1) is 0 Å². The summed E-state index contributed by atoms with van der Waals surface area (Å²) in [6, 6.07) is 3.94. The second-order valence-electron chi connectivity index (χ2n) is 3.46. The number of likely N-dealkylation sites (N-methyl/N-ethyl adjacent to an activating group) is 1. The zero-order chi connectivity index (χ0) is 9.42. The highest BCUT2D eigenvalue weighted by molar-refractivity contribution is 5.84. The number of hydrogen-bond acceptors (Lipinski definition) is 2. The highest BCUT2D eigenvalue weighted by Gasteiger charge is 2.28. The first-order chi connectivity index (χ1) is 6.20. The minimum absolute atomic E-state index is 0.0880. The van der Waals surface area contributed by atoms with Crippen molar-refractivity contribution >= 4 is 5.91 Å². The van der Waals surface area contributed by atoms with Gasteiger partial charge in [0.1, 0.15) is 0 Å². The summed E-state index contributed by atoms with van der Waals surface area (Å²) in [5, 5.41) is 0. The highest BCUT2D eigenvalue weighted by atomic mass is 16.2. The van der Waals surface area contributed by atoms with Gasteiger partial charge in [-0.1, -0.05) is 6.07 Å². The highest BCUT2D eigenvalue weighted by Crippen LogP contribution is 2.25. The number of amides is 1. The van der Waals surface area contributed by atoms with E-state index < -0.39 is 0 Å². The molecule has 1 aliphatic rings. The molecule has 1 aliphatic heterocycles. The molecule has 68 valence electrons. The van der Waals surface area contributed by atoms with Crippen molar-refractivity contribution in [3.05, 3.63) is 29.6 Å². The molecule has 0 aromatic carbocycles. The summed E-state index contributed by atoms with van der Waals surface area (Å²) in [5.74, 6) is 0.0705. The molecule has 1 aromatic heterocycles. The Bertz CT molecular complexity index is 349. The van der Waals surface area contributed by atoms with Gasteiger partial charge in [0.25, 0.3) is 0 Å². The van der Waals surface area contributed by atoms with E-state index in [-0.39, 0.29) is 11.8 Å². The standard InChI is InChI=1S/C10H12N2O/c1-7-9-8(4-3-5-11-9)6-12(2)10(7)13/h3-5,7H,6H2,1-2H3. The summed E-state index contributed by atoms with van der Waals surface area (Å²) in [6.07, 6.45) is 1.74. The van der Waals surface area contributed by atoms with Crippen molar-refractivity contribution in [2.45, 2.75) is 19.4 Å². The van der Waals surface area contributed by atoms with Crippen LogP contribution in [0.4, 0.5) is 0 Å². The van der Waals surface area contributed by atoms with E-state index in [0.717, 1.165) is 11.3 Å². The molecule has 13 heavy (non-hydrogen) atoms. The summed E-state index contributed by atoms with van der Waals surface area (Å²) < 4.78 is 0. The number of aromatic nitrogens is 1. The first-order valence-corrected chi connectivity index (χ1v) is 4.39. The molecule has 0 bridgehead atoms. The normalized spacial score (nSPS) is 21.5. The van der Waals surface area contributed by atoms with E-state index in [0.29, 0.717) is 6.54 Å². The Kier molecular flexibility index (Phi) is 1.79. The van der Waals surface area contributed by atoms with Crippen LogP contribution in [-0.4, -0.2) is 22.8 Å². The molecule has 1 aromatic rings. The summed E-state index contributed by atoms with van der Waals surface area (Å²) in [5.41, 5.74) is 2.10. The molecule has 2 heterocycles. The lowest BCUT2D eigenvalue weighted by molar-refractivity contribution is -0.132. The third-order valence-electron chi connectivity index (χ3n) is 2.49. The Morgan fingerprint density at radius 1 is 1.62 bits per heavy atom. The van der Waals surface area contributed by atoms with Gasteiger partial charge in [-0.05, 0) is 18.6 Å². The van der Waals surface area contributed by atoms with E-state index in [4.69, 9.17) is 0 Å². The van der Waals surface area contributed by atoms with Crippen LogP contribution in [-0.2, 0) is 11.3 Å². The predicted octanol–water partition coefficient (Wildman–Crippen LogP) is 1.16. The van der Waals surface area contributed by atoms with E-state index in [1.54, 1.807) is 11.1 Å². The van der Waals surface area contributed by atoms with E-state index in [2.05, 4.69) is 4.98 Å². The van der Waals surface area contributed by atoms with Crippen LogP contribution in [0.2, 0.25) is 0 Å². The van der Waals surface area contributed by atoms with Crippen LogP contribution in [0.1, 0.15) is 24.1 Å². The molecule has 0 saturated heterocycles. The number of carbonyl (C=O) groups is 1. The lowest BCUT2D eigenvalue weighted by atomic mass is 9.96. The van der Waals surface area contributed by atoms with Gasteiger partial charge in [-0.15, -0.1) is 0 Å². The van der Waals surface area contributed by atoms with Gasteiger partial charge in [0.2, 0.25) is 5.91 Å². The summed E-state index contributed by atoms with van der Waals surface area (Å²) >= 11 is 0. The summed E-state index contributed by atoms with van der Waals surface area (Å²) in [4.78, 5) is 17.6. The van der Waals surface area contributed by atoms with E-state index in [9.17, 15) is 4.79 Å². The molecule has 1 atom stereocenters. The summed E-state index contributed by atoms with van der Waals surface area (Å²) in [7, 11) is 1.83. The van der Waals surface area contributed by atoms with Gasteiger partial charge in [-0.3, -0.25) is 9.78 Å². The zero-order valence-electron chi connectivity index (χ0n) is 7.82. The first-order valence-electron chi connectivity index (χ1n) is 4.39. The van der Waals surface area contributed by atoms with Crippen LogP contribution >= 0.6 is 0 Å². The molecular weight excluding hydrogens is 164 g/mol. The first kappa shape index (κ1) is 8.23. The number of hydrogen-bond donors (Lipinski definition) is 0. The maximum Gasteiger partial charge on any atom is 0.231 e. The average Bonchev–Trinajstić information content (AvgIpc) is 2.15. The second-order valence-corrected chi connectivity index (χ2v) is 3.46. The van der Waals surface area contributed by atoms with Crippen LogP contribution in [0.25, 0.3) is 0 Å². The van der Waals surface area contributed by atoms with Crippen molar-refractivity contribution in [1.29, 1.82) is 0 Å². The molecule has 0 N–H and O–H groups in total. The average molecular weight is 176 g/mol. The summed E-state index contributed by atoms with van der Waals surface area (Å²) in [6.45, 7) is 2.59. The minimum atomic E-state index is -0.0880. The smallest absolute Gasteiger partial charge is 0.231 e. The van der Waals surface area contributed by atoms with E-state index in [1.807, 2.05) is 26.1 Å². The Hall–Kier alpha value is -1.38. The molecule has 3 nitrogen and oxygen atoms in total. The van der Waals surface area contributed by atoms with Gasteiger partial charge >= 0.3 is 0 Å². The molecule has 0 aliphatic carbocycles. The van der Waals surface area contributed by atoms with Gasteiger partial charge in [-0.25, -0.2) is 0 Å². The molecule has 0 fully saturated rings. The maximum absolute atomic E-state index is 11.6. The predicted molar refractivity (Wildman–Crippen MR) is 49.1 cm³/mol. The van der Waals surface area contributed by atoms with Crippen LogP contribution < -0.4 is 0 Å². The molecule has 0 radical (unpaired) electrons. The number of pyridine rings is 1. The lowest BCUT2D eigenvalue weighted by Crippen LogP contribution is -2.35. The second kappa shape index (κ2) is 2.83. The van der Waals surface area contributed by atoms with Crippen molar-refractivity contribution < 1.29 is 4.79 Å². The largest absolute Gasteiger partial charge is 0.341 e. The molecule has 3 heteroatoms. The van der Waals surface area contributed by atoms with Gasteiger partial charge in [0, 0.05) is 19.8 Å². The molecule has 1 unspecified atom stereocenters. The molecule has 1 amide bonds. The van der Waals surface area contributed by atoms with Gasteiger partial charge in [0.05, 0.1) is 11.6 Å². The molecule has 2 rings (SSSR count). The Morgan fingerprint density at radius 3 is 3.15 bits per heavy atom. The third-order valence-corrected chi connectivity index (χ3v) is 2.49. The van der Waals surface area contributed by atoms with Gasteiger partial charge in [-0.2, -0.15) is 0 Å². The number of carbonyl (C=O) groups excluding carboxylic acids is 1. The fourth-order valence-electron chi connectivity index (χ4n) is 1.76. The SMILES string of the molecule is CC1C(=O)N(C)Cc2cccnc21. The van der Waals surface area contributed by atoms with Crippen LogP contribution in [0.15, 0.2) is 18.3 Å². The molecule has 0 spiro atoms. The van der Waals surface area contributed by atoms with Crippen molar-refractivity contribution in [1.82, 2.24) is 9.88 Å². The fourth-order valence-corrected chi connectivity index (χ4v) is 1.76.